The van der Waals surface area contributed by atoms with E-state index in [1.807, 2.05) is 0 Å². The fourth-order valence-corrected chi connectivity index (χ4v) is 3.00. The minimum absolute atomic E-state index is 0.827. The van der Waals surface area contributed by atoms with E-state index in [0.29, 0.717) is 0 Å². The van der Waals surface area contributed by atoms with E-state index in [2.05, 4.69) is 43.7 Å². The Bertz CT molecular complexity index is 366. The van der Waals surface area contributed by atoms with Crippen molar-refractivity contribution in [3.05, 3.63) is 42.0 Å². The Morgan fingerprint density at radius 1 is 1.07 bits per heavy atom. The highest BCUT2D eigenvalue weighted by Gasteiger charge is 2.26. The number of hydrogen-bond acceptors (Lipinski definition) is 0. The molecule has 0 saturated carbocycles. The Labute approximate surface area is 92.6 Å². The maximum Gasteiger partial charge on any atom is 0.110 e. The minimum atomic E-state index is 0.827. The second kappa shape index (κ2) is 3.88. The Morgan fingerprint density at radius 3 is 2.73 bits per heavy atom. The molecule has 0 N–H and O–H groups in total. The predicted molar refractivity (Wildman–Crippen MR) is 66.0 cm³/mol. The maximum atomic E-state index is 2.52. The van der Waals surface area contributed by atoms with Crippen LogP contribution in [0, 0.1) is 11.8 Å². The van der Waals surface area contributed by atoms with Crippen molar-refractivity contribution in [2.75, 3.05) is 0 Å². The third-order valence-corrected chi connectivity index (χ3v) is 3.70. The standard InChI is InChI=1S/C14H16B/c1-2-4-13(5-3-1)14-7-11-6-12(8-14)10-15-9-11/h1-5,7,11-12H,6,8-10H2. The molecule has 15 heavy (non-hydrogen) atoms. The largest absolute Gasteiger partial charge is 0.110 e. The Balaban J connectivity index is 1.91. The van der Waals surface area contributed by atoms with Gasteiger partial charge in [0.25, 0.3) is 0 Å². The van der Waals surface area contributed by atoms with Crippen LogP contribution < -0.4 is 0 Å². The summed E-state index contributed by atoms with van der Waals surface area (Å²) in [6.07, 6.45) is 7.86. The van der Waals surface area contributed by atoms with E-state index in [1.165, 1.54) is 31.0 Å². The van der Waals surface area contributed by atoms with Crippen molar-refractivity contribution in [2.24, 2.45) is 11.8 Å². The zero-order chi connectivity index (χ0) is 10.1. The number of rotatable bonds is 1. The molecule has 1 heterocycles. The number of fused-ring (bicyclic) bond motifs is 2. The monoisotopic (exact) mass is 195 g/mol. The van der Waals surface area contributed by atoms with Crippen LogP contribution in [0.2, 0.25) is 12.6 Å². The molecule has 75 valence electrons. The summed E-state index contributed by atoms with van der Waals surface area (Å²) in [7, 11) is 2.48. The van der Waals surface area contributed by atoms with Crippen molar-refractivity contribution in [1.82, 2.24) is 0 Å². The summed E-state index contributed by atoms with van der Waals surface area (Å²) in [4.78, 5) is 0. The topological polar surface area (TPSA) is 0 Å². The molecule has 0 aromatic heterocycles. The average Bonchev–Trinajstić information content (AvgIpc) is 2.30. The fourth-order valence-electron chi connectivity index (χ4n) is 3.00. The molecule has 1 heteroatoms. The van der Waals surface area contributed by atoms with E-state index in [0.717, 1.165) is 11.8 Å². The van der Waals surface area contributed by atoms with Crippen LogP contribution in [-0.2, 0) is 0 Å². The van der Waals surface area contributed by atoms with E-state index < -0.39 is 0 Å². The van der Waals surface area contributed by atoms with Gasteiger partial charge in [-0.05, 0) is 35.8 Å². The first kappa shape index (κ1) is 9.27. The van der Waals surface area contributed by atoms with Gasteiger partial charge in [0.05, 0.1) is 0 Å². The van der Waals surface area contributed by atoms with Gasteiger partial charge in [0.2, 0.25) is 0 Å². The minimum Gasteiger partial charge on any atom is -0.0783 e. The Morgan fingerprint density at radius 2 is 1.93 bits per heavy atom. The molecule has 1 aromatic rings. The van der Waals surface area contributed by atoms with Crippen LogP contribution in [-0.4, -0.2) is 7.28 Å². The van der Waals surface area contributed by atoms with Crippen molar-refractivity contribution in [1.29, 1.82) is 0 Å². The molecule has 2 aliphatic rings. The van der Waals surface area contributed by atoms with E-state index in [1.54, 1.807) is 5.57 Å². The van der Waals surface area contributed by atoms with Gasteiger partial charge in [-0.1, -0.05) is 49.0 Å². The van der Waals surface area contributed by atoms with Crippen molar-refractivity contribution in [3.63, 3.8) is 0 Å². The van der Waals surface area contributed by atoms with Gasteiger partial charge in [0.15, 0.2) is 0 Å². The number of hydrogen-bond donors (Lipinski definition) is 0. The Kier molecular flexibility index (Phi) is 2.40. The summed E-state index contributed by atoms with van der Waals surface area (Å²) in [6, 6.07) is 10.9. The first-order valence-electron chi connectivity index (χ1n) is 5.99. The second-order valence-corrected chi connectivity index (χ2v) is 4.88. The summed E-state index contributed by atoms with van der Waals surface area (Å²) in [6.45, 7) is 0. The van der Waals surface area contributed by atoms with Crippen LogP contribution in [0.25, 0.3) is 5.57 Å². The molecule has 0 nitrogen and oxygen atoms in total. The molecule has 0 spiro atoms. The van der Waals surface area contributed by atoms with Gasteiger partial charge < -0.3 is 0 Å². The summed E-state index contributed by atoms with van der Waals surface area (Å²) in [5.74, 6) is 1.75. The van der Waals surface area contributed by atoms with E-state index in [9.17, 15) is 0 Å². The molecule has 1 aliphatic carbocycles. The molecular weight excluding hydrogens is 179 g/mol. The van der Waals surface area contributed by atoms with Crippen LogP contribution >= 0.6 is 0 Å². The molecule has 2 bridgehead atoms. The summed E-state index contributed by atoms with van der Waals surface area (Å²) in [5, 5.41) is 0. The van der Waals surface area contributed by atoms with Crippen molar-refractivity contribution >= 4 is 12.9 Å². The zero-order valence-electron chi connectivity index (χ0n) is 9.02. The quantitative estimate of drug-likeness (QED) is 0.600. The van der Waals surface area contributed by atoms with Crippen LogP contribution in [0.4, 0.5) is 0 Å². The molecule has 1 saturated heterocycles. The highest BCUT2D eigenvalue weighted by molar-refractivity contribution is 6.36. The molecule has 1 aromatic carbocycles. The van der Waals surface area contributed by atoms with Gasteiger partial charge in [-0.15, -0.1) is 0 Å². The van der Waals surface area contributed by atoms with Crippen LogP contribution in [0.15, 0.2) is 36.4 Å². The van der Waals surface area contributed by atoms with Gasteiger partial charge in [0, 0.05) is 0 Å². The summed E-state index contributed by atoms with van der Waals surface area (Å²) < 4.78 is 0. The molecule has 2 atom stereocenters. The first-order chi connectivity index (χ1) is 7.42. The third kappa shape index (κ3) is 1.88. The maximum absolute atomic E-state index is 2.52. The predicted octanol–water partition coefficient (Wildman–Crippen LogP) is 3.65. The molecule has 0 amide bonds. The molecule has 3 rings (SSSR count). The van der Waals surface area contributed by atoms with Gasteiger partial charge >= 0.3 is 0 Å². The highest BCUT2D eigenvalue weighted by atomic mass is 14.3. The first-order valence-corrected chi connectivity index (χ1v) is 5.99. The number of allylic oxidation sites excluding steroid dienone is 2. The van der Waals surface area contributed by atoms with Gasteiger partial charge in [-0.2, -0.15) is 0 Å². The average molecular weight is 195 g/mol. The number of benzene rings is 1. The molecule has 1 radical (unpaired) electrons. The zero-order valence-corrected chi connectivity index (χ0v) is 9.02. The van der Waals surface area contributed by atoms with Crippen LogP contribution in [0.3, 0.4) is 0 Å². The summed E-state index contributed by atoms with van der Waals surface area (Å²) in [5.41, 5.74) is 3.03. The lowest BCUT2D eigenvalue weighted by atomic mass is 9.53. The fraction of sp³-hybridized carbons (Fsp3) is 0.429. The van der Waals surface area contributed by atoms with E-state index >= 15 is 0 Å². The molecular formula is C14H16B. The lowest BCUT2D eigenvalue weighted by molar-refractivity contribution is 0.434. The lowest BCUT2D eigenvalue weighted by Gasteiger charge is -2.33. The van der Waals surface area contributed by atoms with Crippen molar-refractivity contribution < 1.29 is 0 Å². The molecule has 1 aliphatic heterocycles. The smallest absolute Gasteiger partial charge is 0.0783 e. The van der Waals surface area contributed by atoms with Gasteiger partial charge in [-0.3, -0.25) is 0 Å². The third-order valence-electron chi connectivity index (χ3n) is 3.70. The molecule has 2 unspecified atom stereocenters. The summed E-state index contributed by atoms with van der Waals surface area (Å²) >= 11 is 0. The van der Waals surface area contributed by atoms with Crippen molar-refractivity contribution in [3.8, 4) is 0 Å². The lowest BCUT2D eigenvalue weighted by Crippen LogP contribution is -2.22. The van der Waals surface area contributed by atoms with Gasteiger partial charge in [-0.25, -0.2) is 0 Å². The van der Waals surface area contributed by atoms with Gasteiger partial charge in [0.1, 0.15) is 7.28 Å². The second-order valence-electron chi connectivity index (χ2n) is 4.88. The normalized spacial score (nSPS) is 29.2. The van der Waals surface area contributed by atoms with Crippen molar-refractivity contribution in [2.45, 2.75) is 25.5 Å². The van der Waals surface area contributed by atoms with E-state index in [4.69, 9.17) is 0 Å². The molecule has 1 fully saturated rings. The SMILES string of the molecule is [B]1CC2C=C(c3ccccc3)CC(C1)C2. The highest BCUT2D eigenvalue weighted by Crippen LogP contribution is 2.40. The van der Waals surface area contributed by atoms with Crippen LogP contribution in [0.5, 0.6) is 0 Å². The van der Waals surface area contributed by atoms with E-state index in [-0.39, 0.29) is 0 Å². The Hall–Kier alpha value is -0.975. The van der Waals surface area contributed by atoms with Crippen LogP contribution in [0.1, 0.15) is 18.4 Å².